The summed E-state index contributed by atoms with van der Waals surface area (Å²) >= 11 is 0. The lowest BCUT2D eigenvalue weighted by Gasteiger charge is -2.26. The number of nitrogens with two attached hydrogens (primary N) is 2. The van der Waals surface area contributed by atoms with Crippen molar-refractivity contribution >= 4 is 11.7 Å². The monoisotopic (exact) mass is 141 g/mol. The lowest BCUT2D eigenvalue weighted by atomic mass is 10.0. The molecule has 0 aliphatic carbocycles. The van der Waals surface area contributed by atoms with E-state index >= 15 is 0 Å². The van der Waals surface area contributed by atoms with Gasteiger partial charge >= 0.3 is 0 Å². The summed E-state index contributed by atoms with van der Waals surface area (Å²) in [6.45, 7) is 0. The van der Waals surface area contributed by atoms with Gasteiger partial charge < -0.3 is 16.8 Å². The van der Waals surface area contributed by atoms with E-state index in [0.717, 1.165) is 0 Å². The topological polar surface area (TPSA) is 112 Å². The molecule has 5 heteroatoms. The van der Waals surface area contributed by atoms with Gasteiger partial charge in [0.25, 0.3) is 0 Å². The van der Waals surface area contributed by atoms with E-state index in [1.807, 2.05) is 0 Å². The third-order valence-electron chi connectivity index (χ3n) is 1.52. The molecule has 2 atom stereocenters. The lowest BCUT2D eigenvalue weighted by Crippen LogP contribution is -2.57. The zero-order valence-electron chi connectivity index (χ0n) is 5.52. The van der Waals surface area contributed by atoms with E-state index < -0.39 is 0 Å². The maximum atomic E-state index is 7.18. The number of hydrogen-bond donors (Lipinski definition) is 5. The number of amidine groups is 2. The molecule has 1 rings (SSSR count). The fraction of sp³-hybridized carbons (Fsp3) is 0.600. The maximum Gasteiger partial charge on any atom is 0.116 e. The van der Waals surface area contributed by atoms with Gasteiger partial charge in [-0.05, 0) is 6.42 Å². The molecule has 1 fully saturated rings. The van der Waals surface area contributed by atoms with Gasteiger partial charge in [0.2, 0.25) is 0 Å². The number of nitrogens with one attached hydrogen (secondary N) is 3. The first-order valence-corrected chi connectivity index (χ1v) is 3.06. The highest BCUT2D eigenvalue weighted by molar-refractivity contribution is 6.05. The Bertz CT molecular complexity index is 157. The van der Waals surface area contributed by atoms with Crippen LogP contribution in [0.25, 0.3) is 0 Å². The molecule has 0 saturated carbocycles. The third kappa shape index (κ3) is 1.14. The van der Waals surface area contributed by atoms with E-state index in [1.165, 1.54) is 0 Å². The molecule has 1 saturated heterocycles. The summed E-state index contributed by atoms with van der Waals surface area (Å²) in [5.74, 6) is 0.374. The molecule has 1 aliphatic rings. The normalized spacial score (nSPS) is 33.8. The van der Waals surface area contributed by atoms with Crippen LogP contribution in [0.2, 0.25) is 0 Å². The SMILES string of the molecule is N=C1NC(=N)C(N)CC1N. The van der Waals surface area contributed by atoms with Crippen LogP contribution in [0, 0.1) is 10.8 Å². The van der Waals surface area contributed by atoms with Gasteiger partial charge in [-0.2, -0.15) is 0 Å². The van der Waals surface area contributed by atoms with Crippen LogP contribution >= 0.6 is 0 Å². The average Bonchev–Trinajstić information content (AvgIpc) is 1.84. The summed E-state index contributed by atoms with van der Waals surface area (Å²) < 4.78 is 0. The van der Waals surface area contributed by atoms with Gasteiger partial charge in [0.05, 0.1) is 12.1 Å². The average molecular weight is 141 g/mol. The van der Waals surface area contributed by atoms with Crippen LogP contribution in [0.5, 0.6) is 0 Å². The van der Waals surface area contributed by atoms with E-state index in [-0.39, 0.29) is 23.8 Å². The second kappa shape index (κ2) is 2.36. The van der Waals surface area contributed by atoms with Gasteiger partial charge in [0, 0.05) is 0 Å². The predicted molar refractivity (Wildman–Crippen MR) is 39.2 cm³/mol. The minimum absolute atomic E-state index is 0.187. The smallest absolute Gasteiger partial charge is 0.116 e. The van der Waals surface area contributed by atoms with Crippen molar-refractivity contribution in [3.63, 3.8) is 0 Å². The summed E-state index contributed by atoms with van der Waals surface area (Å²) in [5.41, 5.74) is 10.9. The van der Waals surface area contributed by atoms with Gasteiger partial charge in [0.1, 0.15) is 11.7 Å². The molecule has 0 spiro atoms. The second-order valence-corrected chi connectivity index (χ2v) is 2.40. The first kappa shape index (κ1) is 7.17. The van der Waals surface area contributed by atoms with E-state index in [4.69, 9.17) is 22.3 Å². The van der Waals surface area contributed by atoms with Crippen molar-refractivity contribution in [2.45, 2.75) is 18.5 Å². The lowest BCUT2D eigenvalue weighted by molar-refractivity contribution is 0.649. The Hall–Kier alpha value is -0.940. The zero-order chi connectivity index (χ0) is 7.72. The van der Waals surface area contributed by atoms with Crippen LogP contribution in [0.1, 0.15) is 6.42 Å². The molecular weight excluding hydrogens is 130 g/mol. The molecule has 7 N–H and O–H groups in total. The molecule has 2 unspecified atom stereocenters. The molecule has 0 aromatic carbocycles. The Labute approximate surface area is 58.8 Å². The minimum atomic E-state index is -0.330. The van der Waals surface area contributed by atoms with Crippen molar-refractivity contribution in [3.05, 3.63) is 0 Å². The first-order chi connectivity index (χ1) is 4.61. The number of piperidine rings is 1. The highest BCUT2D eigenvalue weighted by Gasteiger charge is 2.24. The highest BCUT2D eigenvalue weighted by Crippen LogP contribution is 2.00. The van der Waals surface area contributed by atoms with Gasteiger partial charge in [0.15, 0.2) is 0 Å². The molecule has 56 valence electrons. The number of hydrogen-bond acceptors (Lipinski definition) is 4. The molecule has 0 aromatic rings. The minimum Gasteiger partial charge on any atom is -0.330 e. The van der Waals surface area contributed by atoms with Crippen molar-refractivity contribution in [2.75, 3.05) is 0 Å². The zero-order valence-corrected chi connectivity index (χ0v) is 5.52. The third-order valence-corrected chi connectivity index (χ3v) is 1.52. The molecule has 1 aliphatic heterocycles. The fourth-order valence-corrected chi connectivity index (χ4v) is 0.840. The van der Waals surface area contributed by atoms with Crippen molar-refractivity contribution in [1.29, 1.82) is 10.8 Å². The first-order valence-electron chi connectivity index (χ1n) is 3.06. The van der Waals surface area contributed by atoms with E-state index in [1.54, 1.807) is 0 Å². The predicted octanol–water partition coefficient (Wildman–Crippen LogP) is -1.41. The summed E-state index contributed by atoms with van der Waals surface area (Å²) in [6.07, 6.45) is 0.491. The van der Waals surface area contributed by atoms with Gasteiger partial charge in [-0.15, -0.1) is 0 Å². The summed E-state index contributed by atoms with van der Waals surface area (Å²) in [7, 11) is 0. The Morgan fingerprint density at radius 3 is 1.90 bits per heavy atom. The maximum absolute atomic E-state index is 7.18. The molecule has 5 nitrogen and oxygen atoms in total. The largest absolute Gasteiger partial charge is 0.330 e. The van der Waals surface area contributed by atoms with E-state index in [0.29, 0.717) is 6.42 Å². The standard InChI is InChI=1S/C5H11N5/c6-2-1-3(7)5(9)10-4(2)8/h2-3H,1,6-7H2,(H3,8,9,10). The molecule has 0 aromatic heterocycles. The Kier molecular flexibility index (Phi) is 1.69. The molecule has 0 bridgehead atoms. The molecule has 0 radical (unpaired) electrons. The summed E-state index contributed by atoms with van der Waals surface area (Å²) in [5, 5.41) is 16.9. The van der Waals surface area contributed by atoms with E-state index in [9.17, 15) is 0 Å². The van der Waals surface area contributed by atoms with Crippen molar-refractivity contribution in [3.8, 4) is 0 Å². The van der Waals surface area contributed by atoms with Gasteiger partial charge in [-0.25, -0.2) is 0 Å². The van der Waals surface area contributed by atoms with Crippen LogP contribution in [-0.4, -0.2) is 23.8 Å². The van der Waals surface area contributed by atoms with Crippen LogP contribution in [-0.2, 0) is 0 Å². The van der Waals surface area contributed by atoms with E-state index in [2.05, 4.69) is 5.32 Å². The second-order valence-electron chi connectivity index (χ2n) is 2.40. The van der Waals surface area contributed by atoms with Crippen molar-refractivity contribution < 1.29 is 0 Å². The van der Waals surface area contributed by atoms with Crippen LogP contribution in [0.4, 0.5) is 0 Å². The Morgan fingerprint density at radius 2 is 1.60 bits per heavy atom. The van der Waals surface area contributed by atoms with Crippen LogP contribution < -0.4 is 16.8 Å². The molecular formula is C5H11N5. The Morgan fingerprint density at radius 1 is 1.20 bits per heavy atom. The van der Waals surface area contributed by atoms with Gasteiger partial charge in [-0.3, -0.25) is 10.8 Å². The van der Waals surface area contributed by atoms with Crippen molar-refractivity contribution in [1.82, 2.24) is 5.32 Å². The number of rotatable bonds is 0. The molecule has 0 amide bonds. The Balaban J connectivity index is 2.63. The summed E-state index contributed by atoms with van der Waals surface area (Å²) in [4.78, 5) is 0. The summed E-state index contributed by atoms with van der Waals surface area (Å²) in [6, 6.07) is -0.659. The van der Waals surface area contributed by atoms with Gasteiger partial charge in [-0.1, -0.05) is 0 Å². The van der Waals surface area contributed by atoms with Crippen LogP contribution in [0.3, 0.4) is 0 Å². The highest BCUT2D eigenvalue weighted by atomic mass is 15.1. The molecule has 10 heavy (non-hydrogen) atoms. The fourth-order valence-electron chi connectivity index (χ4n) is 0.840. The molecule has 1 heterocycles. The van der Waals surface area contributed by atoms with Crippen LogP contribution in [0.15, 0.2) is 0 Å². The van der Waals surface area contributed by atoms with Crippen molar-refractivity contribution in [2.24, 2.45) is 11.5 Å². The quantitative estimate of drug-likeness (QED) is 0.285.